The fourth-order valence-corrected chi connectivity index (χ4v) is 3.59. The Hall–Kier alpha value is -2.84. The van der Waals surface area contributed by atoms with Crippen LogP contribution in [0.3, 0.4) is 0 Å². The molecule has 1 atom stereocenters. The van der Waals surface area contributed by atoms with E-state index in [9.17, 15) is 4.79 Å². The average Bonchev–Trinajstić information content (AvgIpc) is 3.10. The highest BCUT2D eigenvalue weighted by Gasteiger charge is 2.23. The molecule has 1 N–H and O–H groups in total. The Morgan fingerprint density at radius 2 is 2.07 bits per heavy atom. The van der Waals surface area contributed by atoms with Crippen molar-refractivity contribution < 1.29 is 4.79 Å². The maximum atomic E-state index is 12.5. The van der Waals surface area contributed by atoms with Crippen LogP contribution in [-0.2, 0) is 11.8 Å². The number of hydrogen-bond acceptors (Lipinski definition) is 6. The van der Waals surface area contributed by atoms with Crippen LogP contribution in [0.1, 0.15) is 6.92 Å². The molecule has 28 heavy (non-hydrogen) atoms. The van der Waals surface area contributed by atoms with Crippen LogP contribution in [0.25, 0.3) is 22.0 Å². The third-order valence-corrected chi connectivity index (χ3v) is 5.19. The van der Waals surface area contributed by atoms with Gasteiger partial charge in [-0.2, -0.15) is 5.10 Å². The number of nitrogens with one attached hydrogen (secondary N) is 1. The number of nitrogens with zero attached hydrogens (tertiary/aromatic N) is 6. The van der Waals surface area contributed by atoms with Crippen molar-refractivity contribution >= 4 is 22.8 Å². The Labute approximate surface area is 164 Å². The Balaban J connectivity index is 1.48. The standard InChI is InChI=1S/C20H25N7O/c1-14-11-25(2)6-7-27(14)13-19(28)24-20-21-9-16-5-4-15(8-18(16)23-20)17-10-22-26(3)12-17/h4-5,8-10,12,14H,6-7,11,13H2,1-3H3,(H,21,23,24,28)/t14-/m0/s1. The molecule has 0 aliphatic carbocycles. The molecule has 1 aliphatic rings. The molecule has 0 saturated carbocycles. The second kappa shape index (κ2) is 7.65. The Morgan fingerprint density at radius 1 is 1.21 bits per heavy atom. The molecule has 0 radical (unpaired) electrons. The van der Waals surface area contributed by atoms with Crippen LogP contribution >= 0.6 is 0 Å². The minimum Gasteiger partial charge on any atom is -0.304 e. The van der Waals surface area contributed by atoms with Crippen LogP contribution in [0.5, 0.6) is 0 Å². The van der Waals surface area contributed by atoms with Crippen molar-refractivity contribution in [3.05, 3.63) is 36.8 Å². The molecule has 1 aliphatic heterocycles. The zero-order chi connectivity index (χ0) is 19.7. The second-order valence-corrected chi connectivity index (χ2v) is 7.50. The van der Waals surface area contributed by atoms with Gasteiger partial charge in [-0.25, -0.2) is 9.97 Å². The molecule has 0 bridgehead atoms. The minimum absolute atomic E-state index is 0.0841. The number of benzene rings is 1. The van der Waals surface area contributed by atoms with Crippen LogP contribution in [0, 0.1) is 0 Å². The number of amides is 1. The number of aromatic nitrogens is 4. The van der Waals surface area contributed by atoms with E-state index < -0.39 is 0 Å². The largest absolute Gasteiger partial charge is 0.304 e. The summed E-state index contributed by atoms with van der Waals surface area (Å²) >= 11 is 0. The van der Waals surface area contributed by atoms with Gasteiger partial charge < -0.3 is 4.90 Å². The van der Waals surface area contributed by atoms with Crippen LogP contribution in [0.4, 0.5) is 5.95 Å². The fraction of sp³-hybridized carbons (Fsp3) is 0.400. The molecule has 8 heteroatoms. The molecule has 4 rings (SSSR count). The van der Waals surface area contributed by atoms with Gasteiger partial charge in [0.05, 0.1) is 18.3 Å². The van der Waals surface area contributed by atoms with Gasteiger partial charge in [-0.1, -0.05) is 12.1 Å². The second-order valence-electron chi connectivity index (χ2n) is 7.50. The summed E-state index contributed by atoms with van der Waals surface area (Å²) in [6, 6.07) is 6.35. The number of anilines is 1. The number of hydrogen-bond donors (Lipinski definition) is 1. The lowest BCUT2D eigenvalue weighted by molar-refractivity contribution is -0.118. The van der Waals surface area contributed by atoms with Gasteiger partial charge in [0.2, 0.25) is 11.9 Å². The fourth-order valence-electron chi connectivity index (χ4n) is 3.59. The highest BCUT2D eigenvalue weighted by atomic mass is 16.2. The lowest BCUT2D eigenvalue weighted by Crippen LogP contribution is -2.52. The molecular weight excluding hydrogens is 354 g/mol. The van der Waals surface area contributed by atoms with Gasteiger partial charge in [0.25, 0.3) is 0 Å². The average molecular weight is 379 g/mol. The molecular formula is C20H25N7O. The summed E-state index contributed by atoms with van der Waals surface area (Å²) in [4.78, 5) is 25.8. The predicted octanol–water partition coefficient (Wildman–Crippen LogP) is 1.60. The Morgan fingerprint density at radius 3 is 2.82 bits per heavy atom. The van der Waals surface area contributed by atoms with E-state index in [1.807, 2.05) is 37.6 Å². The smallest absolute Gasteiger partial charge is 0.240 e. The van der Waals surface area contributed by atoms with E-state index in [1.165, 1.54) is 0 Å². The predicted molar refractivity (Wildman–Crippen MR) is 109 cm³/mol. The van der Waals surface area contributed by atoms with Crippen molar-refractivity contribution in [3.8, 4) is 11.1 Å². The van der Waals surface area contributed by atoms with Gasteiger partial charge in [0, 0.05) is 56.1 Å². The lowest BCUT2D eigenvalue weighted by atomic mass is 10.1. The van der Waals surface area contributed by atoms with E-state index in [0.717, 1.165) is 41.7 Å². The van der Waals surface area contributed by atoms with Crippen molar-refractivity contribution in [2.45, 2.75) is 13.0 Å². The maximum Gasteiger partial charge on any atom is 0.240 e. The molecule has 0 unspecified atom stereocenters. The number of likely N-dealkylation sites (N-methyl/N-ethyl adjacent to an activating group) is 1. The highest BCUT2D eigenvalue weighted by Crippen LogP contribution is 2.23. The quantitative estimate of drug-likeness (QED) is 0.742. The van der Waals surface area contributed by atoms with Gasteiger partial charge in [0.1, 0.15) is 0 Å². The van der Waals surface area contributed by atoms with Gasteiger partial charge in [0.15, 0.2) is 0 Å². The first kappa shape index (κ1) is 18.5. The highest BCUT2D eigenvalue weighted by molar-refractivity contribution is 5.92. The maximum absolute atomic E-state index is 12.5. The third-order valence-electron chi connectivity index (χ3n) is 5.19. The summed E-state index contributed by atoms with van der Waals surface area (Å²) in [6.45, 7) is 5.33. The molecule has 1 saturated heterocycles. The lowest BCUT2D eigenvalue weighted by Gasteiger charge is -2.37. The molecule has 1 fully saturated rings. The van der Waals surface area contributed by atoms with Crippen LogP contribution in [0.2, 0.25) is 0 Å². The van der Waals surface area contributed by atoms with E-state index in [1.54, 1.807) is 10.9 Å². The summed E-state index contributed by atoms with van der Waals surface area (Å²) in [6.07, 6.45) is 5.52. The number of carbonyl (C=O) groups is 1. The number of piperazine rings is 1. The Kier molecular flexibility index (Phi) is 5.06. The van der Waals surface area contributed by atoms with E-state index in [4.69, 9.17) is 0 Å². The number of fused-ring (bicyclic) bond motifs is 1. The summed E-state index contributed by atoms with van der Waals surface area (Å²) < 4.78 is 1.77. The van der Waals surface area contributed by atoms with E-state index in [-0.39, 0.29) is 5.91 Å². The third kappa shape index (κ3) is 4.02. The number of rotatable bonds is 4. The molecule has 1 amide bonds. The molecule has 8 nitrogen and oxygen atoms in total. The molecule has 3 aromatic rings. The Bertz CT molecular complexity index is 999. The summed E-state index contributed by atoms with van der Waals surface area (Å²) in [5, 5.41) is 7.99. The van der Waals surface area contributed by atoms with Gasteiger partial charge in [-0.05, 0) is 25.6 Å². The monoisotopic (exact) mass is 379 g/mol. The molecule has 2 aromatic heterocycles. The van der Waals surface area contributed by atoms with E-state index >= 15 is 0 Å². The van der Waals surface area contributed by atoms with Crippen molar-refractivity contribution in [1.29, 1.82) is 0 Å². The minimum atomic E-state index is -0.0841. The number of aryl methyl sites for hydroxylation is 1. The van der Waals surface area contributed by atoms with Gasteiger partial charge >= 0.3 is 0 Å². The summed E-state index contributed by atoms with van der Waals surface area (Å²) in [7, 11) is 4.00. The molecule has 0 spiro atoms. The van der Waals surface area contributed by atoms with E-state index in [0.29, 0.717) is 18.5 Å². The van der Waals surface area contributed by atoms with Gasteiger partial charge in [-0.15, -0.1) is 0 Å². The zero-order valence-corrected chi connectivity index (χ0v) is 16.5. The van der Waals surface area contributed by atoms with Crippen LogP contribution < -0.4 is 5.32 Å². The SMILES string of the molecule is C[C@H]1CN(C)CCN1CC(=O)Nc1ncc2ccc(-c3cnn(C)c3)cc2n1. The van der Waals surface area contributed by atoms with Crippen molar-refractivity contribution in [2.24, 2.45) is 7.05 Å². The van der Waals surface area contributed by atoms with Gasteiger partial charge in [-0.3, -0.25) is 19.7 Å². The number of carbonyl (C=O) groups excluding carboxylic acids is 1. The first-order chi connectivity index (χ1) is 13.5. The topological polar surface area (TPSA) is 79.2 Å². The van der Waals surface area contributed by atoms with Crippen molar-refractivity contribution in [3.63, 3.8) is 0 Å². The zero-order valence-electron chi connectivity index (χ0n) is 16.5. The summed E-state index contributed by atoms with van der Waals surface area (Å²) in [5.74, 6) is 0.252. The molecule has 3 heterocycles. The van der Waals surface area contributed by atoms with Crippen molar-refractivity contribution in [1.82, 2.24) is 29.5 Å². The normalized spacial score (nSPS) is 18.5. The van der Waals surface area contributed by atoms with Crippen LogP contribution in [0.15, 0.2) is 36.8 Å². The summed E-state index contributed by atoms with van der Waals surface area (Å²) in [5.41, 5.74) is 2.85. The van der Waals surface area contributed by atoms with Crippen LogP contribution in [-0.4, -0.2) is 74.7 Å². The van der Waals surface area contributed by atoms with Crippen molar-refractivity contribution in [2.75, 3.05) is 38.5 Å². The molecule has 146 valence electrons. The van der Waals surface area contributed by atoms with E-state index in [2.05, 4.69) is 44.2 Å². The first-order valence-electron chi connectivity index (χ1n) is 9.46. The first-order valence-corrected chi connectivity index (χ1v) is 9.46. The molecule has 1 aromatic carbocycles.